The first-order valence-electron chi connectivity index (χ1n) is 15.3. The minimum atomic E-state index is 0.893. The van der Waals surface area contributed by atoms with E-state index in [0.717, 1.165) is 33.9 Å². The van der Waals surface area contributed by atoms with Crippen molar-refractivity contribution >= 4 is 43.6 Å². The average Bonchev–Trinajstić information content (AvgIpc) is 3.62. The third-order valence-electron chi connectivity index (χ3n) is 8.96. The smallest absolute Gasteiger partial charge is 0.0572 e. The monoisotopic (exact) mass is 576 g/mol. The SMILES string of the molecule is c1ccc2c(c1)c1ccccc1n2-c1ccc(Cc2ccc(-c3ccc(-n4c5ccncc5c5cnccc54)cc3)cc2)cc1. The van der Waals surface area contributed by atoms with Crippen LogP contribution in [-0.4, -0.2) is 19.1 Å². The minimum absolute atomic E-state index is 0.893. The van der Waals surface area contributed by atoms with Gasteiger partial charge in [-0.3, -0.25) is 9.97 Å². The summed E-state index contributed by atoms with van der Waals surface area (Å²) in [6.07, 6.45) is 8.43. The summed E-state index contributed by atoms with van der Waals surface area (Å²) < 4.78 is 4.65. The van der Waals surface area contributed by atoms with Crippen molar-refractivity contribution in [2.75, 3.05) is 0 Å². The summed E-state index contributed by atoms with van der Waals surface area (Å²) >= 11 is 0. The molecule has 0 N–H and O–H groups in total. The van der Waals surface area contributed by atoms with Gasteiger partial charge in [0.15, 0.2) is 0 Å². The van der Waals surface area contributed by atoms with E-state index in [-0.39, 0.29) is 0 Å². The molecule has 9 aromatic rings. The molecular weight excluding hydrogens is 548 g/mol. The molecule has 0 bridgehead atoms. The molecule has 0 unspecified atom stereocenters. The predicted molar refractivity (Wildman–Crippen MR) is 185 cm³/mol. The van der Waals surface area contributed by atoms with Crippen molar-refractivity contribution in [1.29, 1.82) is 0 Å². The number of rotatable bonds is 5. The second-order valence-electron chi connectivity index (χ2n) is 11.6. The number of para-hydroxylation sites is 2. The Hall–Kier alpha value is -6.00. The van der Waals surface area contributed by atoms with Crippen molar-refractivity contribution in [3.63, 3.8) is 0 Å². The Kier molecular flexibility index (Phi) is 5.85. The molecule has 0 spiro atoms. The first-order valence-corrected chi connectivity index (χ1v) is 15.3. The van der Waals surface area contributed by atoms with Crippen molar-refractivity contribution in [2.24, 2.45) is 0 Å². The van der Waals surface area contributed by atoms with E-state index in [1.165, 1.54) is 49.7 Å². The highest BCUT2D eigenvalue weighted by molar-refractivity contribution is 6.09. The molecule has 45 heavy (non-hydrogen) atoms. The summed E-state index contributed by atoms with van der Waals surface area (Å²) in [5.41, 5.74) is 12.1. The zero-order valence-electron chi connectivity index (χ0n) is 24.5. The normalized spacial score (nSPS) is 11.6. The second-order valence-corrected chi connectivity index (χ2v) is 11.6. The summed E-state index contributed by atoms with van der Waals surface area (Å²) in [4.78, 5) is 8.70. The van der Waals surface area contributed by atoms with Crippen LogP contribution in [0.25, 0.3) is 66.1 Å². The van der Waals surface area contributed by atoms with E-state index in [4.69, 9.17) is 0 Å². The molecule has 0 aliphatic rings. The third-order valence-corrected chi connectivity index (χ3v) is 8.96. The van der Waals surface area contributed by atoms with E-state index in [9.17, 15) is 0 Å². The van der Waals surface area contributed by atoms with Gasteiger partial charge in [-0.15, -0.1) is 0 Å². The highest BCUT2D eigenvalue weighted by Gasteiger charge is 2.13. The molecule has 0 radical (unpaired) electrons. The molecule has 4 nitrogen and oxygen atoms in total. The molecule has 0 atom stereocenters. The highest BCUT2D eigenvalue weighted by atomic mass is 15.0. The quantitative estimate of drug-likeness (QED) is 0.204. The maximum Gasteiger partial charge on any atom is 0.0572 e. The molecule has 0 aliphatic carbocycles. The fourth-order valence-corrected chi connectivity index (χ4v) is 6.80. The van der Waals surface area contributed by atoms with E-state index in [1.54, 1.807) is 0 Å². The Morgan fingerprint density at radius 1 is 0.378 bits per heavy atom. The topological polar surface area (TPSA) is 35.6 Å². The number of hydrogen-bond acceptors (Lipinski definition) is 2. The summed E-state index contributed by atoms with van der Waals surface area (Å²) in [5, 5.41) is 4.80. The zero-order chi connectivity index (χ0) is 29.7. The molecular formula is C41H28N4. The van der Waals surface area contributed by atoms with Crippen LogP contribution in [0.5, 0.6) is 0 Å². The Labute approximate surface area is 260 Å². The van der Waals surface area contributed by atoms with Gasteiger partial charge in [-0.1, -0.05) is 84.9 Å². The van der Waals surface area contributed by atoms with Crippen LogP contribution >= 0.6 is 0 Å². The van der Waals surface area contributed by atoms with Gasteiger partial charge in [0.25, 0.3) is 0 Å². The van der Waals surface area contributed by atoms with Crippen LogP contribution < -0.4 is 0 Å². The van der Waals surface area contributed by atoms with Crippen LogP contribution in [0.1, 0.15) is 11.1 Å². The molecule has 0 saturated heterocycles. The fourth-order valence-electron chi connectivity index (χ4n) is 6.80. The van der Waals surface area contributed by atoms with Gasteiger partial charge in [0.1, 0.15) is 0 Å². The van der Waals surface area contributed by atoms with Crippen molar-refractivity contribution in [3.05, 3.63) is 169 Å². The fraction of sp³-hybridized carbons (Fsp3) is 0.0244. The van der Waals surface area contributed by atoms with Crippen LogP contribution in [0, 0.1) is 0 Å². The largest absolute Gasteiger partial charge is 0.309 e. The van der Waals surface area contributed by atoms with Gasteiger partial charge in [0.2, 0.25) is 0 Å². The lowest BCUT2D eigenvalue weighted by molar-refractivity contribution is 1.15. The van der Waals surface area contributed by atoms with Crippen molar-refractivity contribution in [1.82, 2.24) is 19.1 Å². The van der Waals surface area contributed by atoms with Gasteiger partial charge in [0.05, 0.1) is 22.1 Å². The first-order chi connectivity index (χ1) is 22.3. The maximum atomic E-state index is 4.35. The van der Waals surface area contributed by atoms with Gasteiger partial charge in [0, 0.05) is 57.7 Å². The summed E-state index contributed by atoms with van der Waals surface area (Å²) in [6, 6.07) is 48.2. The lowest BCUT2D eigenvalue weighted by Gasteiger charge is -2.10. The lowest BCUT2D eigenvalue weighted by Crippen LogP contribution is -1.95. The second kappa shape index (κ2) is 10.3. The average molecular weight is 577 g/mol. The number of pyridine rings is 2. The van der Waals surface area contributed by atoms with E-state index in [0.29, 0.717) is 0 Å². The van der Waals surface area contributed by atoms with E-state index in [2.05, 4.69) is 153 Å². The Balaban J connectivity index is 0.966. The van der Waals surface area contributed by atoms with E-state index in [1.807, 2.05) is 24.8 Å². The standard InChI is InChI=1S/C41H28N4/c1-3-7-38-34(5-1)35-6-2-4-8-39(35)44(38)32-17-11-29(12-18-32)25-28-9-13-30(14-10-28)31-15-19-33(20-16-31)45-40-21-23-42-26-36(40)37-27-43-24-22-41(37)45/h1-24,26-27H,25H2. The molecule has 4 heteroatoms. The van der Waals surface area contributed by atoms with E-state index < -0.39 is 0 Å². The van der Waals surface area contributed by atoms with E-state index >= 15 is 0 Å². The predicted octanol–water partition coefficient (Wildman–Crippen LogP) is 9.93. The lowest BCUT2D eigenvalue weighted by atomic mass is 10.00. The molecule has 0 saturated carbocycles. The number of fused-ring (bicyclic) bond motifs is 6. The van der Waals surface area contributed by atoms with Gasteiger partial charge in [-0.25, -0.2) is 0 Å². The molecule has 0 aliphatic heterocycles. The van der Waals surface area contributed by atoms with Crippen LogP contribution in [0.4, 0.5) is 0 Å². The summed E-state index contributed by atoms with van der Waals surface area (Å²) in [6.45, 7) is 0. The summed E-state index contributed by atoms with van der Waals surface area (Å²) in [7, 11) is 0. The van der Waals surface area contributed by atoms with Gasteiger partial charge in [-0.05, 0) is 77.2 Å². The first kappa shape index (κ1) is 25.5. The molecule has 0 amide bonds. The molecule has 212 valence electrons. The van der Waals surface area contributed by atoms with Gasteiger partial charge in [-0.2, -0.15) is 0 Å². The number of nitrogens with zero attached hydrogens (tertiary/aromatic N) is 4. The highest BCUT2D eigenvalue weighted by Crippen LogP contribution is 2.33. The van der Waals surface area contributed by atoms with Crippen molar-refractivity contribution in [2.45, 2.75) is 6.42 Å². The van der Waals surface area contributed by atoms with Gasteiger partial charge >= 0.3 is 0 Å². The Morgan fingerprint density at radius 2 is 0.778 bits per heavy atom. The van der Waals surface area contributed by atoms with Gasteiger partial charge < -0.3 is 9.13 Å². The van der Waals surface area contributed by atoms with Crippen LogP contribution in [0.3, 0.4) is 0 Å². The third kappa shape index (κ3) is 4.22. The molecule has 5 aromatic carbocycles. The zero-order valence-corrected chi connectivity index (χ0v) is 24.5. The minimum Gasteiger partial charge on any atom is -0.309 e. The molecule has 4 heterocycles. The Morgan fingerprint density at radius 3 is 1.29 bits per heavy atom. The van der Waals surface area contributed by atoms with Crippen LogP contribution in [-0.2, 0) is 6.42 Å². The number of aromatic nitrogens is 4. The molecule has 4 aromatic heterocycles. The van der Waals surface area contributed by atoms with Crippen LogP contribution in [0.15, 0.2) is 158 Å². The Bertz CT molecular complexity index is 2380. The maximum absolute atomic E-state index is 4.35. The number of benzene rings is 5. The molecule has 0 fully saturated rings. The molecule has 9 rings (SSSR count). The van der Waals surface area contributed by atoms with Crippen LogP contribution in [0.2, 0.25) is 0 Å². The number of hydrogen-bond donors (Lipinski definition) is 0. The van der Waals surface area contributed by atoms with Crippen molar-refractivity contribution < 1.29 is 0 Å². The van der Waals surface area contributed by atoms with Crippen molar-refractivity contribution in [3.8, 4) is 22.5 Å². The summed E-state index contributed by atoms with van der Waals surface area (Å²) in [5.74, 6) is 0.